The molecule has 0 aliphatic heterocycles. The molecule has 0 fully saturated rings. The van der Waals surface area contributed by atoms with Crippen molar-refractivity contribution >= 4 is 29.4 Å². The van der Waals surface area contributed by atoms with Crippen molar-refractivity contribution in [1.82, 2.24) is 0 Å². The molecule has 0 aliphatic rings. The van der Waals surface area contributed by atoms with Crippen LogP contribution in [0.1, 0.15) is 19.4 Å². The van der Waals surface area contributed by atoms with Gasteiger partial charge in [-0.25, -0.2) is 0 Å². The Hall–Kier alpha value is -2.53. The van der Waals surface area contributed by atoms with Gasteiger partial charge in [-0.3, -0.25) is 4.79 Å². The lowest BCUT2D eigenvalue weighted by molar-refractivity contribution is -0.120. The molecule has 126 valence electrons. The number of hydrogen-bond donors (Lipinski definition) is 1. The van der Waals surface area contributed by atoms with Gasteiger partial charge in [0, 0.05) is 5.56 Å². The zero-order chi connectivity index (χ0) is 17.4. The van der Waals surface area contributed by atoms with E-state index < -0.39 is 0 Å². The summed E-state index contributed by atoms with van der Waals surface area (Å²) in [5, 5.41) is 6.93. The van der Waals surface area contributed by atoms with E-state index in [1.807, 2.05) is 38.1 Å². The van der Waals surface area contributed by atoms with E-state index in [-0.39, 0.29) is 18.6 Å². The Morgan fingerprint density at radius 2 is 1.92 bits per heavy atom. The van der Waals surface area contributed by atoms with E-state index >= 15 is 0 Å². The standard InChI is InChI=1S/C18H19ClN2O3/c1-13(2)24-17-10-6-3-7-14(17)11-20-23-12-18(22)21-16-9-5-4-8-15(16)19/h3-11,13H,12H2,1-2H3,(H,21,22)/b20-11+. The summed E-state index contributed by atoms with van der Waals surface area (Å²) >= 11 is 5.97. The first kappa shape index (κ1) is 17.8. The van der Waals surface area contributed by atoms with E-state index in [0.717, 1.165) is 5.56 Å². The van der Waals surface area contributed by atoms with Gasteiger partial charge < -0.3 is 14.9 Å². The molecule has 0 aliphatic carbocycles. The highest BCUT2D eigenvalue weighted by atomic mass is 35.5. The van der Waals surface area contributed by atoms with Gasteiger partial charge in [0.2, 0.25) is 0 Å². The summed E-state index contributed by atoms with van der Waals surface area (Å²) in [6.45, 7) is 3.68. The number of anilines is 1. The SMILES string of the molecule is CC(C)Oc1ccccc1/C=N/OCC(=O)Nc1ccccc1Cl. The number of rotatable bonds is 7. The lowest BCUT2D eigenvalue weighted by Crippen LogP contribution is -2.17. The summed E-state index contributed by atoms with van der Waals surface area (Å²) in [6.07, 6.45) is 1.57. The molecule has 5 nitrogen and oxygen atoms in total. The normalized spacial score (nSPS) is 10.8. The maximum Gasteiger partial charge on any atom is 0.265 e. The number of ether oxygens (including phenoxy) is 1. The van der Waals surface area contributed by atoms with Gasteiger partial charge in [0.15, 0.2) is 6.61 Å². The van der Waals surface area contributed by atoms with Crippen molar-refractivity contribution in [3.8, 4) is 5.75 Å². The second-order valence-corrected chi connectivity index (χ2v) is 5.65. The van der Waals surface area contributed by atoms with Gasteiger partial charge in [-0.05, 0) is 38.1 Å². The fourth-order valence-corrected chi connectivity index (χ4v) is 2.07. The number of nitrogens with zero attached hydrogens (tertiary/aromatic N) is 1. The van der Waals surface area contributed by atoms with Crippen LogP contribution in [0.25, 0.3) is 0 Å². The maximum absolute atomic E-state index is 11.8. The average Bonchev–Trinajstić information content (AvgIpc) is 2.55. The first-order valence-corrected chi connectivity index (χ1v) is 7.89. The number of benzene rings is 2. The highest BCUT2D eigenvalue weighted by molar-refractivity contribution is 6.33. The van der Waals surface area contributed by atoms with Gasteiger partial charge in [-0.1, -0.05) is 41.0 Å². The molecular formula is C18H19ClN2O3. The van der Waals surface area contributed by atoms with E-state index in [1.54, 1.807) is 24.3 Å². The summed E-state index contributed by atoms with van der Waals surface area (Å²) < 4.78 is 5.67. The quantitative estimate of drug-likeness (QED) is 0.606. The third-order valence-corrected chi connectivity index (χ3v) is 3.22. The number of carbonyl (C=O) groups excluding carboxylic acids is 1. The third kappa shape index (κ3) is 5.59. The van der Waals surface area contributed by atoms with Crippen molar-refractivity contribution < 1.29 is 14.4 Å². The van der Waals surface area contributed by atoms with Crippen LogP contribution in [0.2, 0.25) is 5.02 Å². The largest absolute Gasteiger partial charge is 0.490 e. The second kappa shape index (κ2) is 8.93. The fourth-order valence-electron chi connectivity index (χ4n) is 1.89. The summed E-state index contributed by atoms with van der Waals surface area (Å²) in [6, 6.07) is 14.4. The Labute approximate surface area is 146 Å². The molecule has 1 N–H and O–H groups in total. The number of halogens is 1. The van der Waals surface area contributed by atoms with Gasteiger partial charge in [0.1, 0.15) is 5.75 Å². The van der Waals surface area contributed by atoms with E-state index in [9.17, 15) is 4.79 Å². The van der Waals surface area contributed by atoms with Gasteiger partial charge >= 0.3 is 0 Å². The van der Waals surface area contributed by atoms with Crippen molar-refractivity contribution in [1.29, 1.82) is 0 Å². The molecule has 0 spiro atoms. The average molecular weight is 347 g/mol. The van der Waals surface area contributed by atoms with E-state index in [2.05, 4.69) is 10.5 Å². The Morgan fingerprint density at radius 1 is 1.21 bits per heavy atom. The third-order valence-electron chi connectivity index (χ3n) is 2.89. The molecule has 6 heteroatoms. The summed E-state index contributed by atoms with van der Waals surface area (Å²) in [5.74, 6) is 0.368. The Morgan fingerprint density at radius 3 is 2.67 bits per heavy atom. The predicted molar refractivity (Wildman–Crippen MR) is 95.8 cm³/mol. The molecule has 0 atom stereocenters. The van der Waals surface area contributed by atoms with Crippen molar-refractivity contribution in [3.63, 3.8) is 0 Å². The second-order valence-electron chi connectivity index (χ2n) is 5.24. The summed E-state index contributed by atoms with van der Waals surface area (Å²) in [5.41, 5.74) is 1.31. The lowest BCUT2D eigenvalue weighted by atomic mass is 10.2. The molecule has 0 bridgehead atoms. The van der Waals surface area contributed by atoms with Gasteiger partial charge in [-0.15, -0.1) is 0 Å². The summed E-state index contributed by atoms with van der Waals surface area (Å²) in [4.78, 5) is 16.8. The fraction of sp³-hybridized carbons (Fsp3) is 0.222. The molecule has 0 unspecified atom stereocenters. The molecule has 0 saturated heterocycles. The molecule has 2 aromatic rings. The van der Waals surface area contributed by atoms with Crippen LogP contribution in [0.3, 0.4) is 0 Å². The smallest absolute Gasteiger partial charge is 0.265 e. The topological polar surface area (TPSA) is 59.9 Å². The van der Waals surface area contributed by atoms with Crippen LogP contribution < -0.4 is 10.1 Å². The van der Waals surface area contributed by atoms with E-state index in [1.165, 1.54) is 6.21 Å². The molecule has 0 radical (unpaired) electrons. The van der Waals surface area contributed by atoms with Crippen LogP contribution in [0.4, 0.5) is 5.69 Å². The molecule has 0 saturated carbocycles. The molecule has 24 heavy (non-hydrogen) atoms. The van der Waals surface area contributed by atoms with Crippen LogP contribution in [-0.4, -0.2) is 24.8 Å². The Kier molecular flexibility index (Phi) is 6.63. The van der Waals surface area contributed by atoms with E-state index in [4.69, 9.17) is 21.2 Å². The van der Waals surface area contributed by atoms with Crippen molar-refractivity contribution in [2.75, 3.05) is 11.9 Å². The summed E-state index contributed by atoms with van der Waals surface area (Å²) in [7, 11) is 0. The van der Waals surface area contributed by atoms with Crippen LogP contribution in [0.5, 0.6) is 5.75 Å². The van der Waals surface area contributed by atoms with Crippen LogP contribution in [0.15, 0.2) is 53.7 Å². The minimum Gasteiger partial charge on any atom is -0.490 e. The minimum atomic E-state index is -0.341. The Bertz CT molecular complexity index is 717. The van der Waals surface area contributed by atoms with E-state index in [0.29, 0.717) is 16.5 Å². The molecule has 0 aromatic heterocycles. The van der Waals surface area contributed by atoms with Gasteiger partial charge in [-0.2, -0.15) is 0 Å². The molecular weight excluding hydrogens is 328 g/mol. The number of nitrogens with one attached hydrogen (secondary N) is 1. The monoisotopic (exact) mass is 346 g/mol. The lowest BCUT2D eigenvalue weighted by Gasteiger charge is -2.11. The van der Waals surface area contributed by atoms with Gasteiger partial charge in [0.05, 0.1) is 23.0 Å². The zero-order valence-corrected chi connectivity index (χ0v) is 14.3. The molecule has 1 amide bonds. The van der Waals surface area contributed by atoms with Crippen molar-refractivity contribution in [2.24, 2.45) is 5.16 Å². The first-order chi connectivity index (χ1) is 11.6. The molecule has 2 rings (SSSR count). The maximum atomic E-state index is 11.8. The van der Waals surface area contributed by atoms with Gasteiger partial charge in [0.25, 0.3) is 5.91 Å². The number of oxime groups is 1. The Balaban J connectivity index is 1.87. The minimum absolute atomic E-state index is 0.0573. The first-order valence-electron chi connectivity index (χ1n) is 7.51. The van der Waals surface area contributed by atoms with Crippen LogP contribution in [-0.2, 0) is 9.63 Å². The number of carbonyl (C=O) groups is 1. The molecule has 0 heterocycles. The van der Waals surface area contributed by atoms with Crippen LogP contribution in [0, 0.1) is 0 Å². The predicted octanol–water partition coefficient (Wildman–Crippen LogP) is 4.12. The molecule has 2 aromatic carbocycles. The number of para-hydroxylation sites is 2. The van der Waals surface area contributed by atoms with Crippen molar-refractivity contribution in [2.45, 2.75) is 20.0 Å². The van der Waals surface area contributed by atoms with Crippen molar-refractivity contribution in [3.05, 3.63) is 59.1 Å². The highest BCUT2D eigenvalue weighted by Gasteiger charge is 2.06. The number of hydrogen-bond acceptors (Lipinski definition) is 4. The zero-order valence-electron chi connectivity index (χ0n) is 13.5. The van der Waals surface area contributed by atoms with Crippen LogP contribution >= 0.6 is 11.6 Å². The number of amides is 1. The highest BCUT2D eigenvalue weighted by Crippen LogP contribution is 2.20.